The molecule has 9 heteroatoms. The maximum absolute atomic E-state index is 12.5. The van der Waals surface area contributed by atoms with Crippen LogP contribution in [0.1, 0.15) is 21.6 Å². The smallest absolute Gasteiger partial charge is 0.417 e. The van der Waals surface area contributed by atoms with E-state index in [4.69, 9.17) is 5.11 Å². The lowest BCUT2D eigenvalue weighted by molar-refractivity contribution is -0.137. The van der Waals surface area contributed by atoms with Gasteiger partial charge in [-0.1, -0.05) is 0 Å². The average Bonchev–Trinajstić information content (AvgIpc) is 3.10. The summed E-state index contributed by atoms with van der Waals surface area (Å²) in [5.41, 5.74) is 3.32. The number of pyridine rings is 1. The van der Waals surface area contributed by atoms with Crippen molar-refractivity contribution in [2.75, 3.05) is 5.43 Å². The number of rotatable bonds is 5. The van der Waals surface area contributed by atoms with Crippen LogP contribution < -0.4 is 5.43 Å². The van der Waals surface area contributed by atoms with Crippen molar-refractivity contribution in [3.63, 3.8) is 0 Å². The molecule has 0 fully saturated rings. The number of hydrogen-bond donors (Lipinski definition) is 2. The molecule has 3 rings (SSSR count). The van der Waals surface area contributed by atoms with Crippen LogP contribution in [0.5, 0.6) is 0 Å². The van der Waals surface area contributed by atoms with E-state index in [2.05, 4.69) is 15.5 Å². The first-order chi connectivity index (χ1) is 12.8. The zero-order valence-electron chi connectivity index (χ0n) is 13.7. The number of halogens is 3. The number of carboxylic acids is 1. The molecule has 1 aromatic carbocycles. The van der Waals surface area contributed by atoms with E-state index in [1.54, 1.807) is 35.0 Å². The lowest BCUT2D eigenvalue weighted by Crippen LogP contribution is -2.06. The number of carboxylic acid groups (broad SMARTS) is 1. The second-order valence-corrected chi connectivity index (χ2v) is 5.45. The molecule has 3 aromatic rings. The Morgan fingerprint density at radius 1 is 1.15 bits per heavy atom. The Labute approximate surface area is 151 Å². The van der Waals surface area contributed by atoms with Gasteiger partial charge in [-0.25, -0.2) is 9.78 Å². The number of alkyl halides is 3. The normalized spacial score (nSPS) is 11.7. The predicted octanol–water partition coefficient (Wildman–Crippen LogP) is 4.04. The molecule has 0 aliphatic rings. The van der Waals surface area contributed by atoms with Gasteiger partial charge in [0.15, 0.2) is 0 Å². The fraction of sp³-hybridized carbons (Fsp3) is 0.0556. The highest BCUT2D eigenvalue weighted by Gasteiger charge is 2.30. The van der Waals surface area contributed by atoms with Crippen LogP contribution in [0.25, 0.3) is 5.69 Å². The molecule has 27 heavy (non-hydrogen) atoms. The Bertz CT molecular complexity index is 962. The summed E-state index contributed by atoms with van der Waals surface area (Å²) >= 11 is 0. The van der Waals surface area contributed by atoms with Crippen LogP contribution >= 0.6 is 0 Å². The Morgan fingerprint density at radius 2 is 1.89 bits per heavy atom. The maximum Gasteiger partial charge on any atom is 0.417 e. The lowest BCUT2D eigenvalue weighted by Gasteiger charge is -2.07. The highest BCUT2D eigenvalue weighted by Crippen LogP contribution is 2.28. The number of hydrogen-bond acceptors (Lipinski definition) is 4. The molecule has 0 bridgehead atoms. The number of nitrogens with zero attached hydrogens (tertiary/aromatic N) is 3. The zero-order chi connectivity index (χ0) is 19.4. The highest BCUT2D eigenvalue weighted by atomic mass is 19.4. The first-order valence-electron chi connectivity index (χ1n) is 7.68. The Balaban J connectivity index is 1.72. The van der Waals surface area contributed by atoms with Crippen LogP contribution in [-0.4, -0.2) is 26.8 Å². The van der Waals surface area contributed by atoms with Crippen molar-refractivity contribution < 1.29 is 23.1 Å². The van der Waals surface area contributed by atoms with E-state index in [1.165, 1.54) is 24.4 Å². The lowest BCUT2D eigenvalue weighted by atomic mass is 10.2. The van der Waals surface area contributed by atoms with E-state index < -0.39 is 17.7 Å². The largest absolute Gasteiger partial charge is 0.478 e. The molecule has 0 saturated carbocycles. The van der Waals surface area contributed by atoms with Gasteiger partial charge in [0, 0.05) is 18.1 Å². The minimum absolute atomic E-state index is 0.170. The Hall–Kier alpha value is -3.62. The number of aromatic carboxylic acids is 1. The molecule has 0 unspecified atom stereocenters. The number of nitrogens with one attached hydrogen (secondary N) is 1. The van der Waals surface area contributed by atoms with Crippen molar-refractivity contribution in [2.45, 2.75) is 6.18 Å². The van der Waals surface area contributed by atoms with Crippen LogP contribution in [-0.2, 0) is 6.18 Å². The summed E-state index contributed by atoms with van der Waals surface area (Å²) in [7, 11) is 0. The molecule has 0 atom stereocenters. The quantitative estimate of drug-likeness (QED) is 0.522. The molecule has 0 saturated heterocycles. The summed E-state index contributed by atoms with van der Waals surface area (Å²) in [6.45, 7) is 0. The molecular formula is C18H13F3N4O2. The molecule has 0 radical (unpaired) electrons. The number of benzene rings is 1. The van der Waals surface area contributed by atoms with Gasteiger partial charge in [-0.3, -0.25) is 5.43 Å². The monoisotopic (exact) mass is 374 g/mol. The second kappa shape index (κ2) is 7.32. The Kier molecular flexibility index (Phi) is 4.93. The van der Waals surface area contributed by atoms with E-state index in [9.17, 15) is 18.0 Å². The van der Waals surface area contributed by atoms with Crippen LogP contribution in [0.3, 0.4) is 0 Å². The van der Waals surface area contributed by atoms with Gasteiger partial charge in [0.1, 0.15) is 5.82 Å². The number of carbonyl (C=O) groups is 1. The van der Waals surface area contributed by atoms with Crippen LogP contribution in [0.15, 0.2) is 66.0 Å². The average molecular weight is 374 g/mol. The van der Waals surface area contributed by atoms with E-state index in [-0.39, 0.29) is 11.4 Å². The van der Waals surface area contributed by atoms with Gasteiger partial charge in [-0.15, -0.1) is 0 Å². The maximum atomic E-state index is 12.5. The summed E-state index contributed by atoms with van der Waals surface area (Å²) in [4.78, 5) is 14.6. The van der Waals surface area contributed by atoms with Crippen LogP contribution in [0, 0.1) is 0 Å². The summed E-state index contributed by atoms with van der Waals surface area (Å²) in [5.74, 6) is -0.841. The summed E-state index contributed by atoms with van der Waals surface area (Å²) in [6, 6.07) is 11.9. The van der Waals surface area contributed by atoms with Gasteiger partial charge in [0.25, 0.3) is 0 Å². The molecule has 2 heterocycles. The third kappa shape index (κ3) is 4.32. The molecule has 0 spiro atoms. The third-order valence-electron chi connectivity index (χ3n) is 3.64. The van der Waals surface area contributed by atoms with Gasteiger partial charge >= 0.3 is 12.1 Å². The zero-order valence-corrected chi connectivity index (χ0v) is 13.7. The van der Waals surface area contributed by atoms with Gasteiger partial charge in [-0.05, 0) is 48.5 Å². The van der Waals surface area contributed by atoms with Gasteiger partial charge < -0.3 is 9.67 Å². The van der Waals surface area contributed by atoms with Crippen molar-refractivity contribution >= 4 is 18.0 Å². The number of aromatic nitrogens is 2. The second-order valence-electron chi connectivity index (χ2n) is 5.45. The molecule has 138 valence electrons. The van der Waals surface area contributed by atoms with E-state index in [0.717, 1.165) is 18.0 Å². The first kappa shape index (κ1) is 18.2. The van der Waals surface area contributed by atoms with Crippen molar-refractivity contribution in [2.24, 2.45) is 5.10 Å². The van der Waals surface area contributed by atoms with Crippen LogP contribution in [0.4, 0.5) is 19.0 Å². The molecule has 2 N–H and O–H groups in total. The third-order valence-corrected chi connectivity index (χ3v) is 3.64. The molecule has 0 amide bonds. The fourth-order valence-corrected chi connectivity index (χ4v) is 2.29. The number of anilines is 1. The van der Waals surface area contributed by atoms with Crippen molar-refractivity contribution in [3.8, 4) is 5.69 Å². The van der Waals surface area contributed by atoms with Crippen molar-refractivity contribution in [1.29, 1.82) is 0 Å². The Morgan fingerprint density at radius 3 is 2.48 bits per heavy atom. The summed E-state index contributed by atoms with van der Waals surface area (Å²) in [5, 5.41) is 12.9. The van der Waals surface area contributed by atoms with E-state index in [0.29, 0.717) is 5.69 Å². The van der Waals surface area contributed by atoms with Crippen LogP contribution in [0.2, 0.25) is 0 Å². The minimum Gasteiger partial charge on any atom is -0.478 e. The fourth-order valence-electron chi connectivity index (χ4n) is 2.29. The van der Waals surface area contributed by atoms with E-state index >= 15 is 0 Å². The minimum atomic E-state index is -4.44. The summed E-state index contributed by atoms with van der Waals surface area (Å²) in [6.07, 6.45) is -0.464. The first-order valence-corrected chi connectivity index (χ1v) is 7.68. The highest BCUT2D eigenvalue weighted by molar-refractivity contribution is 5.87. The van der Waals surface area contributed by atoms with Gasteiger partial charge in [-0.2, -0.15) is 18.3 Å². The molecular weight excluding hydrogens is 361 g/mol. The predicted molar refractivity (Wildman–Crippen MR) is 93.2 cm³/mol. The molecule has 6 nitrogen and oxygen atoms in total. The number of hydrazone groups is 1. The molecule has 0 aliphatic heterocycles. The molecule has 2 aromatic heterocycles. The molecule has 0 aliphatic carbocycles. The summed E-state index contributed by atoms with van der Waals surface area (Å²) < 4.78 is 39.3. The SMILES string of the molecule is O=C(O)c1ccc(-n2cccc2/C=N/Nc2ccc(C(F)(F)F)cn2)cc1. The standard InChI is InChI=1S/C18H13F3N4O2/c19-18(20,21)13-5-8-16(22-10-13)24-23-11-15-2-1-9-25(15)14-6-3-12(4-7-14)17(26)27/h1-11H,(H,22,24)(H,26,27)/b23-11+. The van der Waals surface area contributed by atoms with Crippen molar-refractivity contribution in [1.82, 2.24) is 9.55 Å². The topological polar surface area (TPSA) is 79.5 Å². The van der Waals surface area contributed by atoms with Gasteiger partial charge in [0.2, 0.25) is 0 Å². The van der Waals surface area contributed by atoms with Gasteiger partial charge in [0.05, 0.1) is 23.0 Å². The van der Waals surface area contributed by atoms with E-state index in [1.807, 2.05) is 0 Å². The van der Waals surface area contributed by atoms with Crippen molar-refractivity contribution in [3.05, 3.63) is 77.7 Å².